The lowest BCUT2D eigenvalue weighted by atomic mass is 9.95. The number of nitrogens with zero attached hydrogens (tertiary/aromatic N) is 1. The number of nitrogens with one attached hydrogen (secondary N) is 1. The van der Waals surface area contributed by atoms with E-state index < -0.39 is 0 Å². The first-order valence-electron chi connectivity index (χ1n) is 9.19. The third kappa shape index (κ3) is 2.89. The van der Waals surface area contributed by atoms with Crippen LogP contribution >= 0.6 is 0 Å². The smallest absolute Gasteiger partial charge is 0.231 e. The molecule has 0 saturated carbocycles. The number of hydrogen-bond acceptors (Lipinski definition) is 5. The first-order valence-corrected chi connectivity index (χ1v) is 9.19. The first-order chi connectivity index (χ1) is 13.3. The highest BCUT2D eigenvalue weighted by atomic mass is 35.5. The van der Waals surface area contributed by atoms with E-state index in [4.69, 9.17) is 19.9 Å². The van der Waals surface area contributed by atoms with Crippen molar-refractivity contribution < 1.29 is 31.2 Å². The molecule has 6 nitrogen and oxygen atoms in total. The van der Waals surface area contributed by atoms with Gasteiger partial charge in [0.15, 0.2) is 24.2 Å². The fraction of sp³-hybridized carbons (Fsp3) is 0.286. The third-order valence-electron chi connectivity index (χ3n) is 5.29. The van der Waals surface area contributed by atoms with Crippen LogP contribution in [0.5, 0.6) is 17.2 Å². The predicted octanol–water partition coefficient (Wildman–Crippen LogP) is -0.538. The molecule has 5 rings (SSSR count). The molecule has 1 aromatic heterocycles. The number of fused-ring (bicyclic) bond motifs is 5. The zero-order valence-corrected chi connectivity index (χ0v) is 16.4. The number of rotatable bonds is 4. The van der Waals surface area contributed by atoms with Crippen molar-refractivity contribution in [2.24, 2.45) is 5.73 Å². The molecule has 146 valence electrons. The zero-order valence-electron chi connectivity index (χ0n) is 15.6. The minimum absolute atomic E-state index is 0. The monoisotopic (exact) mass is 399 g/mol. The van der Waals surface area contributed by atoms with Crippen molar-refractivity contribution in [2.75, 3.05) is 32.3 Å². The summed E-state index contributed by atoms with van der Waals surface area (Å²) >= 11 is 0. The number of pyridine rings is 1. The van der Waals surface area contributed by atoms with Crippen molar-refractivity contribution in [3.8, 4) is 28.5 Å². The molecule has 7 heteroatoms. The Hall–Kier alpha value is -2.70. The van der Waals surface area contributed by atoms with E-state index in [9.17, 15) is 0 Å². The number of ether oxygens (including phenoxy) is 3. The molecule has 0 aliphatic carbocycles. The molecule has 2 aliphatic rings. The van der Waals surface area contributed by atoms with Gasteiger partial charge in [0.2, 0.25) is 12.5 Å². The average Bonchev–Trinajstić information content (AvgIpc) is 3.16. The summed E-state index contributed by atoms with van der Waals surface area (Å²) in [5, 5.41) is 5.71. The number of halogens is 1. The Kier molecular flexibility index (Phi) is 4.91. The van der Waals surface area contributed by atoms with E-state index in [1.165, 1.54) is 16.8 Å². The maximum absolute atomic E-state index is 5.69. The third-order valence-corrected chi connectivity index (χ3v) is 5.29. The van der Waals surface area contributed by atoms with Crippen LogP contribution in [0.15, 0.2) is 36.5 Å². The molecule has 0 amide bonds. The highest BCUT2D eigenvalue weighted by molar-refractivity contribution is 5.97. The number of nitrogens with two attached hydrogens (primary N) is 1. The van der Waals surface area contributed by atoms with Crippen molar-refractivity contribution in [1.82, 2.24) is 0 Å². The van der Waals surface area contributed by atoms with E-state index in [-0.39, 0.29) is 12.4 Å². The number of benzene rings is 2. The minimum Gasteiger partial charge on any atom is -1.00 e. The summed E-state index contributed by atoms with van der Waals surface area (Å²) < 4.78 is 19.0. The van der Waals surface area contributed by atoms with Crippen LogP contribution in [-0.2, 0) is 13.0 Å². The second-order valence-electron chi connectivity index (χ2n) is 6.83. The summed E-state index contributed by atoms with van der Waals surface area (Å²) in [5.74, 6) is 2.50. The van der Waals surface area contributed by atoms with Crippen molar-refractivity contribution >= 4 is 16.5 Å². The summed E-state index contributed by atoms with van der Waals surface area (Å²) in [5.41, 5.74) is 10.4. The van der Waals surface area contributed by atoms with Gasteiger partial charge < -0.3 is 37.7 Å². The summed E-state index contributed by atoms with van der Waals surface area (Å²) in [4.78, 5) is 0. The van der Waals surface area contributed by atoms with Crippen LogP contribution < -0.4 is 42.2 Å². The lowest BCUT2D eigenvalue weighted by Gasteiger charge is -2.18. The van der Waals surface area contributed by atoms with Gasteiger partial charge in [-0.1, -0.05) is 6.07 Å². The quantitative estimate of drug-likeness (QED) is 0.577. The van der Waals surface area contributed by atoms with Gasteiger partial charge in [-0.05, 0) is 29.1 Å². The van der Waals surface area contributed by atoms with Crippen molar-refractivity contribution in [1.29, 1.82) is 0 Å². The number of anilines is 1. The first kappa shape index (κ1) is 18.7. The molecule has 0 unspecified atom stereocenters. The van der Waals surface area contributed by atoms with Crippen LogP contribution in [0, 0.1) is 0 Å². The van der Waals surface area contributed by atoms with Crippen LogP contribution in [0.2, 0.25) is 0 Å². The summed E-state index contributed by atoms with van der Waals surface area (Å²) in [6, 6.07) is 10.6. The highest BCUT2D eigenvalue weighted by Crippen LogP contribution is 2.41. The Bertz CT molecular complexity index is 1050. The second-order valence-corrected chi connectivity index (χ2v) is 6.83. The average molecular weight is 400 g/mol. The fourth-order valence-electron chi connectivity index (χ4n) is 3.97. The van der Waals surface area contributed by atoms with Gasteiger partial charge in [0.05, 0.1) is 23.7 Å². The maximum atomic E-state index is 5.69. The minimum atomic E-state index is 0. The van der Waals surface area contributed by atoms with Gasteiger partial charge >= 0.3 is 0 Å². The van der Waals surface area contributed by atoms with Gasteiger partial charge in [0, 0.05) is 25.6 Å². The zero-order chi connectivity index (χ0) is 18.4. The summed E-state index contributed by atoms with van der Waals surface area (Å²) in [6.45, 7) is 2.49. The maximum Gasteiger partial charge on any atom is 0.231 e. The van der Waals surface area contributed by atoms with Crippen LogP contribution in [0.25, 0.3) is 22.0 Å². The number of aromatic nitrogens is 1. The predicted molar refractivity (Wildman–Crippen MR) is 104 cm³/mol. The van der Waals surface area contributed by atoms with E-state index in [2.05, 4.69) is 40.3 Å². The Labute approximate surface area is 169 Å². The van der Waals surface area contributed by atoms with E-state index in [1.54, 1.807) is 7.11 Å². The standard InChI is InChI=1S/C21H21N3O3.ClH/c1-25-18-3-2-13-8-17-15-10-20-19(26-12-27-20)9-14(15)4-7-24(17)11-16(13)21(18)23-6-5-22;/h2-3,8-11H,4-7,12,22H2,1H3;1H. The fourth-order valence-corrected chi connectivity index (χ4v) is 3.97. The van der Waals surface area contributed by atoms with E-state index in [0.717, 1.165) is 46.7 Å². The lowest BCUT2D eigenvalue weighted by Crippen LogP contribution is -3.00. The summed E-state index contributed by atoms with van der Waals surface area (Å²) in [6.07, 6.45) is 3.17. The van der Waals surface area contributed by atoms with Gasteiger partial charge in [0.1, 0.15) is 5.75 Å². The van der Waals surface area contributed by atoms with Crippen LogP contribution in [0.3, 0.4) is 0 Å². The number of hydrogen-bond donors (Lipinski definition) is 2. The molecule has 2 aromatic carbocycles. The van der Waals surface area contributed by atoms with Gasteiger partial charge in [-0.15, -0.1) is 0 Å². The molecular weight excluding hydrogens is 378 g/mol. The Balaban J connectivity index is 0.00000192. The number of methoxy groups -OCH3 is 1. The molecule has 3 aromatic rings. The largest absolute Gasteiger partial charge is 1.00 e. The molecule has 0 saturated heterocycles. The molecule has 0 atom stereocenters. The molecular formula is C21H22ClN3O3. The molecule has 3 heterocycles. The van der Waals surface area contributed by atoms with Crippen molar-refractivity contribution in [2.45, 2.75) is 13.0 Å². The molecule has 0 radical (unpaired) electrons. The lowest BCUT2D eigenvalue weighted by molar-refractivity contribution is -0.686. The SMILES string of the molecule is COc1ccc2cc3[n+](cc2c1NCCN)CCc1cc2c(cc1-3)OCO2.[Cl-]. The molecule has 0 bridgehead atoms. The molecule has 28 heavy (non-hydrogen) atoms. The van der Waals surface area contributed by atoms with Crippen molar-refractivity contribution in [3.63, 3.8) is 0 Å². The van der Waals surface area contributed by atoms with E-state index in [1.807, 2.05) is 6.07 Å². The van der Waals surface area contributed by atoms with Crippen LogP contribution in [0.1, 0.15) is 5.56 Å². The molecule has 0 fully saturated rings. The van der Waals surface area contributed by atoms with Gasteiger partial charge in [-0.25, -0.2) is 0 Å². The highest BCUT2D eigenvalue weighted by Gasteiger charge is 2.28. The summed E-state index contributed by atoms with van der Waals surface area (Å²) in [7, 11) is 1.69. The number of aryl methyl sites for hydroxylation is 2. The van der Waals surface area contributed by atoms with Crippen molar-refractivity contribution in [3.05, 3.63) is 42.1 Å². The van der Waals surface area contributed by atoms with Crippen LogP contribution in [-0.4, -0.2) is 27.0 Å². The van der Waals surface area contributed by atoms with Crippen LogP contribution in [0.4, 0.5) is 5.69 Å². The normalized spacial score (nSPS) is 13.5. The van der Waals surface area contributed by atoms with Gasteiger partial charge in [-0.2, -0.15) is 4.57 Å². The van der Waals surface area contributed by atoms with Gasteiger partial charge in [-0.3, -0.25) is 0 Å². The Morgan fingerprint density at radius 1 is 1.18 bits per heavy atom. The van der Waals surface area contributed by atoms with E-state index in [0.29, 0.717) is 19.9 Å². The Morgan fingerprint density at radius 2 is 2.00 bits per heavy atom. The molecule has 0 spiro atoms. The molecule has 2 aliphatic heterocycles. The molecule has 3 N–H and O–H groups in total. The topological polar surface area (TPSA) is 69.6 Å². The Morgan fingerprint density at radius 3 is 2.79 bits per heavy atom. The van der Waals surface area contributed by atoms with E-state index >= 15 is 0 Å². The second kappa shape index (κ2) is 7.37. The van der Waals surface area contributed by atoms with Gasteiger partial charge in [0.25, 0.3) is 0 Å².